The van der Waals surface area contributed by atoms with Gasteiger partial charge in [0.25, 0.3) is 0 Å². The predicted molar refractivity (Wildman–Crippen MR) is 50.3 cm³/mol. The minimum atomic E-state index is 0.352. The van der Waals surface area contributed by atoms with Crippen LogP contribution in [0.25, 0.3) is 0 Å². The van der Waals surface area contributed by atoms with Gasteiger partial charge in [-0.1, -0.05) is 0 Å². The molecule has 0 aromatic heterocycles. The van der Waals surface area contributed by atoms with E-state index in [1.165, 1.54) is 0 Å². The van der Waals surface area contributed by atoms with Crippen molar-refractivity contribution in [1.29, 1.82) is 0 Å². The van der Waals surface area contributed by atoms with Gasteiger partial charge in [0.15, 0.2) is 5.11 Å². The Hall–Kier alpha value is -0.350. The highest BCUT2D eigenvalue weighted by Gasteiger charge is 2.03. The number of rotatable bonds is 3. The molecule has 0 aliphatic heterocycles. The number of nitrogens with one attached hydrogen (secondary N) is 1. The molecule has 0 aromatic carbocycles. The molecule has 0 aliphatic rings. The van der Waals surface area contributed by atoms with Crippen LogP contribution in [0.3, 0.4) is 0 Å². The molecule has 0 amide bonds. The van der Waals surface area contributed by atoms with Crippen LogP contribution in [0.2, 0.25) is 0 Å². The lowest BCUT2D eigenvalue weighted by atomic mass is 10.4. The number of nitrogens with zero attached hydrogens (tertiary/aromatic N) is 1. The van der Waals surface area contributed by atoms with E-state index >= 15 is 0 Å². The topological polar surface area (TPSA) is 24.5 Å². The molecule has 66 valence electrons. The van der Waals surface area contributed by atoms with E-state index in [0.29, 0.717) is 17.8 Å². The minimum Gasteiger partial charge on any atom is -0.359 e. The van der Waals surface area contributed by atoms with Crippen LogP contribution in [-0.2, 0) is 4.84 Å². The molecular formula is C7H16N2OS. The molecule has 4 heteroatoms. The van der Waals surface area contributed by atoms with Crippen molar-refractivity contribution in [2.24, 2.45) is 0 Å². The van der Waals surface area contributed by atoms with Gasteiger partial charge >= 0.3 is 0 Å². The van der Waals surface area contributed by atoms with E-state index in [-0.39, 0.29) is 0 Å². The number of hydrogen-bond acceptors (Lipinski definition) is 2. The van der Waals surface area contributed by atoms with Gasteiger partial charge in [-0.05, 0) is 33.0 Å². The highest BCUT2D eigenvalue weighted by atomic mass is 32.1. The second kappa shape index (κ2) is 5.32. The van der Waals surface area contributed by atoms with Crippen LogP contribution in [0.15, 0.2) is 0 Å². The average Bonchev–Trinajstić information content (AvgIpc) is 1.86. The monoisotopic (exact) mass is 176 g/mol. The first kappa shape index (κ1) is 10.7. The summed E-state index contributed by atoms with van der Waals surface area (Å²) in [6.45, 7) is 6.63. The molecule has 3 nitrogen and oxygen atoms in total. The second-order valence-corrected chi connectivity index (χ2v) is 2.91. The van der Waals surface area contributed by atoms with Crippen molar-refractivity contribution in [3.05, 3.63) is 0 Å². The summed E-state index contributed by atoms with van der Waals surface area (Å²) in [6.07, 6.45) is 0. The molecule has 0 atom stereocenters. The smallest absolute Gasteiger partial charge is 0.193 e. The molecule has 0 rings (SSSR count). The van der Waals surface area contributed by atoms with Gasteiger partial charge in [0.2, 0.25) is 0 Å². The Labute approximate surface area is 73.7 Å². The predicted octanol–water partition coefficient (Wildman–Crippen LogP) is 1.15. The van der Waals surface area contributed by atoms with Gasteiger partial charge in [-0.15, -0.1) is 0 Å². The van der Waals surface area contributed by atoms with E-state index in [9.17, 15) is 0 Å². The van der Waals surface area contributed by atoms with Gasteiger partial charge in [-0.2, -0.15) is 0 Å². The maximum absolute atomic E-state index is 5.13. The zero-order valence-electron chi connectivity index (χ0n) is 7.55. The highest BCUT2D eigenvalue weighted by Crippen LogP contribution is 1.88. The summed E-state index contributed by atoms with van der Waals surface area (Å²) >= 11 is 5.01. The first-order valence-electron chi connectivity index (χ1n) is 3.75. The molecule has 0 aromatic rings. The van der Waals surface area contributed by atoms with Crippen LogP contribution in [0.4, 0.5) is 0 Å². The molecule has 0 heterocycles. The van der Waals surface area contributed by atoms with Crippen LogP contribution >= 0.6 is 12.2 Å². The van der Waals surface area contributed by atoms with Crippen molar-refractivity contribution in [2.45, 2.75) is 26.8 Å². The van der Waals surface area contributed by atoms with E-state index in [4.69, 9.17) is 17.1 Å². The van der Waals surface area contributed by atoms with Crippen molar-refractivity contribution < 1.29 is 4.84 Å². The largest absolute Gasteiger partial charge is 0.359 e. The summed E-state index contributed by atoms with van der Waals surface area (Å²) in [6, 6.07) is 0.352. The number of hydrogen-bond donors (Lipinski definition) is 1. The molecule has 0 aliphatic carbocycles. The Kier molecular flexibility index (Phi) is 5.15. The average molecular weight is 176 g/mol. The van der Waals surface area contributed by atoms with E-state index < -0.39 is 0 Å². The summed E-state index contributed by atoms with van der Waals surface area (Å²) in [4.78, 5) is 5.13. The molecule has 0 unspecified atom stereocenters. The molecular weight excluding hydrogens is 160 g/mol. The van der Waals surface area contributed by atoms with Crippen molar-refractivity contribution >= 4 is 17.3 Å². The maximum Gasteiger partial charge on any atom is 0.193 e. The molecule has 0 bridgehead atoms. The fourth-order valence-electron chi connectivity index (χ4n) is 0.590. The number of thiocarbonyl (C=S) groups is 1. The second-order valence-electron chi connectivity index (χ2n) is 2.52. The third kappa shape index (κ3) is 4.98. The SMILES string of the molecule is CCON(C)C(=S)NC(C)C. The van der Waals surface area contributed by atoms with Gasteiger partial charge < -0.3 is 5.32 Å². The lowest BCUT2D eigenvalue weighted by Crippen LogP contribution is -2.40. The Bertz CT molecular complexity index is 128. The third-order valence-corrected chi connectivity index (χ3v) is 1.40. The zero-order valence-corrected chi connectivity index (χ0v) is 8.36. The fraction of sp³-hybridized carbons (Fsp3) is 0.857. The summed E-state index contributed by atoms with van der Waals surface area (Å²) in [5.74, 6) is 0. The first-order valence-corrected chi connectivity index (χ1v) is 4.15. The molecule has 1 N–H and O–H groups in total. The first-order chi connectivity index (χ1) is 5.07. The standard InChI is InChI=1S/C7H16N2OS/c1-5-10-9(4)7(11)8-6(2)3/h6H,5H2,1-4H3,(H,8,11). The molecule has 0 saturated carbocycles. The van der Waals surface area contributed by atoms with Crippen LogP contribution in [0, 0.1) is 0 Å². The lowest BCUT2D eigenvalue weighted by molar-refractivity contribution is -0.0735. The van der Waals surface area contributed by atoms with Gasteiger partial charge in [0.05, 0.1) is 6.61 Å². The Morgan fingerprint density at radius 2 is 2.18 bits per heavy atom. The van der Waals surface area contributed by atoms with E-state index in [1.807, 2.05) is 20.8 Å². The fourth-order valence-corrected chi connectivity index (χ4v) is 0.879. The van der Waals surface area contributed by atoms with Crippen molar-refractivity contribution in [3.8, 4) is 0 Å². The quantitative estimate of drug-likeness (QED) is 0.515. The summed E-state index contributed by atoms with van der Waals surface area (Å²) < 4.78 is 0. The highest BCUT2D eigenvalue weighted by molar-refractivity contribution is 7.80. The minimum absolute atomic E-state index is 0.352. The van der Waals surface area contributed by atoms with Gasteiger partial charge in [-0.3, -0.25) is 4.84 Å². The van der Waals surface area contributed by atoms with Crippen molar-refractivity contribution in [2.75, 3.05) is 13.7 Å². The van der Waals surface area contributed by atoms with Crippen LogP contribution < -0.4 is 5.32 Å². The molecule has 0 spiro atoms. The molecule has 0 fully saturated rings. The lowest BCUT2D eigenvalue weighted by Gasteiger charge is -2.20. The zero-order chi connectivity index (χ0) is 8.85. The Balaban J connectivity index is 3.64. The number of hydroxylamine groups is 2. The van der Waals surface area contributed by atoms with E-state index in [1.54, 1.807) is 12.1 Å². The summed E-state index contributed by atoms with van der Waals surface area (Å²) in [7, 11) is 1.79. The Morgan fingerprint density at radius 1 is 1.64 bits per heavy atom. The molecule has 0 saturated heterocycles. The maximum atomic E-state index is 5.13. The van der Waals surface area contributed by atoms with Crippen molar-refractivity contribution in [3.63, 3.8) is 0 Å². The normalized spacial score (nSPS) is 9.91. The van der Waals surface area contributed by atoms with Crippen LogP contribution in [0.1, 0.15) is 20.8 Å². The van der Waals surface area contributed by atoms with Gasteiger partial charge in [0, 0.05) is 13.1 Å². The molecule has 0 radical (unpaired) electrons. The summed E-state index contributed by atoms with van der Waals surface area (Å²) in [5.41, 5.74) is 0. The Morgan fingerprint density at radius 3 is 2.55 bits per heavy atom. The summed E-state index contributed by atoms with van der Waals surface area (Å²) in [5, 5.41) is 5.25. The van der Waals surface area contributed by atoms with Gasteiger partial charge in [0.1, 0.15) is 0 Å². The molecule has 11 heavy (non-hydrogen) atoms. The third-order valence-electron chi connectivity index (χ3n) is 1.02. The van der Waals surface area contributed by atoms with Crippen molar-refractivity contribution in [1.82, 2.24) is 10.4 Å². The van der Waals surface area contributed by atoms with Crippen LogP contribution in [0.5, 0.6) is 0 Å². The van der Waals surface area contributed by atoms with E-state index in [2.05, 4.69) is 5.32 Å². The van der Waals surface area contributed by atoms with E-state index in [0.717, 1.165) is 0 Å². The van der Waals surface area contributed by atoms with Gasteiger partial charge in [-0.25, -0.2) is 5.06 Å². The van der Waals surface area contributed by atoms with Crippen LogP contribution in [-0.4, -0.2) is 29.9 Å².